The van der Waals surface area contributed by atoms with Crippen LogP contribution < -0.4 is 5.73 Å². The van der Waals surface area contributed by atoms with Crippen molar-refractivity contribution in [3.63, 3.8) is 0 Å². The third-order valence-corrected chi connectivity index (χ3v) is 3.15. The molecule has 0 aliphatic carbocycles. The summed E-state index contributed by atoms with van der Waals surface area (Å²) in [5.74, 6) is 0.285. The number of rotatable bonds is 3. The standard InChI is InChI=1S/C14H19N7/c1-14(2,3)7-21-11(6-20-9-18-13(15)19-20)4-10-5-16-8-17-12(10)21/h4-5,8-9H,6-7H2,1-3H3,(H2,15,19). The Bertz CT molecular complexity index is 763. The van der Waals surface area contributed by atoms with Crippen LogP contribution in [0.25, 0.3) is 11.0 Å². The molecule has 0 atom stereocenters. The third-order valence-electron chi connectivity index (χ3n) is 3.15. The molecular formula is C14H19N7. The Morgan fingerprint density at radius 1 is 1.24 bits per heavy atom. The van der Waals surface area contributed by atoms with Gasteiger partial charge in [-0.1, -0.05) is 20.8 Å². The maximum atomic E-state index is 5.57. The fraction of sp³-hybridized carbons (Fsp3) is 0.429. The fourth-order valence-electron chi connectivity index (χ4n) is 2.39. The van der Waals surface area contributed by atoms with Gasteiger partial charge in [0.2, 0.25) is 5.95 Å². The van der Waals surface area contributed by atoms with Crippen LogP contribution in [0.1, 0.15) is 26.5 Å². The van der Waals surface area contributed by atoms with Crippen molar-refractivity contribution in [3.05, 3.63) is 30.6 Å². The van der Waals surface area contributed by atoms with E-state index >= 15 is 0 Å². The minimum absolute atomic E-state index is 0.146. The summed E-state index contributed by atoms with van der Waals surface area (Å²) >= 11 is 0. The van der Waals surface area contributed by atoms with Crippen LogP contribution in [-0.2, 0) is 13.1 Å². The molecule has 3 rings (SSSR count). The quantitative estimate of drug-likeness (QED) is 0.791. The smallest absolute Gasteiger partial charge is 0.239 e. The van der Waals surface area contributed by atoms with Gasteiger partial charge < -0.3 is 10.3 Å². The molecule has 0 fully saturated rings. The van der Waals surface area contributed by atoms with E-state index < -0.39 is 0 Å². The molecule has 0 spiro atoms. The second-order valence-corrected chi connectivity index (χ2v) is 6.38. The van der Waals surface area contributed by atoms with Gasteiger partial charge in [0, 0.05) is 23.8 Å². The summed E-state index contributed by atoms with van der Waals surface area (Å²) in [6, 6.07) is 2.10. The van der Waals surface area contributed by atoms with E-state index in [2.05, 4.69) is 51.5 Å². The van der Waals surface area contributed by atoms with Crippen LogP contribution in [0, 0.1) is 5.41 Å². The predicted octanol–water partition coefficient (Wildman–Crippen LogP) is 1.70. The lowest BCUT2D eigenvalue weighted by molar-refractivity contribution is 0.342. The monoisotopic (exact) mass is 285 g/mol. The van der Waals surface area contributed by atoms with Crippen molar-refractivity contribution >= 4 is 17.0 Å². The predicted molar refractivity (Wildman–Crippen MR) is 80.5 cm³/mol. The molecular weight excluding hydrogens is 266 g/mol. The van der Waals surface area contributed by atoms with E-state index in [0.717, 1.165) is 23.3 Å². The fourth-order valence-corrected chi connectivity index (χ4v) is 2.39. The van der Waals surface area contributed by atoms with Crippen molar-refractivity contribution in [1.29, 1.82) is 0 Å². The van der Waals surface area contributed by atoms with Crippen LogP contribution in [0.4, 0.5) is 5.95 Å². The molecule has 0 saturated carbocycles. The lowest BCUT2D eigenvalue weighted by atomic mass is 9.97. The SMILES string of the molecule is CC(C)(C)Cn1c(Cn2cnc(N)n2)cc2cncnc21. The molecule has 0 aromatic carbocycles. The summed E-state index contributed by atoms with van der Waals surface area (Å²) in [4.78, 5) is 12.5. The molecule has 3 heterocycles. The highest BCUT2D eigenvalue weighted by Gasteiger charge is 2.17. The van der Waals surface area contributed by atoms with E-state index in [1.165, 1.54) is 0 Å². The van der Waals surface area contributed by atoms with Crippen molar-refractivity contribution in [1.82, 2.24) is 29.3 Å². The van der Waals surface area contributed by atoms with E-state index in [9.17, 15) is 0 Å². The maximum absolute atomic E-state index is 5.57. The lowest BCUT2D eigenvalue weighted by Crippen LogP contribution is -2.18. The second kappa shape index (κ2) is 4.83. The van der Waals surface area contributed by atoms with Gasteiger partial charge in [-0.15, -0.1) is 5.10 Å². The molecule has 7 heteroatoms. The van der Waals surface area contributed by atoms with Crippen LogP contribution in [0.15, 0.2) is 24.9 Å². The van der Waals surface area contributed by atoms with Crippen molar-refractivity contribution in [2.24, 2.45) is 5.41 Å². The number of hydrogen-bond acceptors (Lipinski definition) is 5. The minimum Gasteiger partial charge on any atom is -0.367 e. The topological polar surface area (TPSA) is 87.4 Å². The van der Waals surface area contributed by atoms with Gasteiger partial charge in [0.15, 0.2) is 0 Å². The van der Waals surface area contributed by atoms with Crippen LogP contribution in [0.3, 0.4) is 0 Å². The molecule has 0 unspecified atom stereocenters. The number of nitrogens with zero attached hydrogens (tertiary/aromatic N) is 6. The Kier molecular flexibility index (Phi) is 3.12. The molecule has 21 heavy (non-hydrogen) atoms. The molecule has 110 valence electrons. The average molecular weight is 285 g/mol. The number of hydrogen-bond donors (Lipinski definition) is 1. The zero-order valence-electron chi connectivity index (χ0n) is 12.5. The lowest BCUT2D eigenvalue weighted by Gasteiger charge is -2.21. The Hall–Kier alpha value is -2.44. The zero-order valence-corrected chi connectivity index (χ0v) is 12.5. The van der Waals surface area contributed by atoms with Crippen molar-refractivity contribution in [2.75, 3.05) is 5.73 Å². The number of nitrogens with two attached hydrogens (primary N) is 1. The summed E-state index contributed by atoms with van der Waals surface area (Å²) in [7, 11) is 0. The number of anilines is 1. The van der Waals surface area contributed by atoms with E-state index in [4.69, 9.17) is 5.73 Å². The normalized spacial score (nSPS) is 12.1. The van der Waals surface area contributed by atoms with Gasteiger partial charge in [0.05, 0.1) is 6.54 Å². The highest BCUT2D eigenvalue weighted by atomic mass is 15.4. The van der Waals surface area contributed by atoms with Gasteiger partial charge in [0.1, 0.15) is 18.3 Å². The van der Waals surface area contributed by atoms with E-state index in [1.54, 1.807) is 17.3 Å². The molecule has 0 aliphatic heterocycles. The largest absolute Gasteiger partial charge is 0.367 e. The van der Waals surface area contributed by atoms with Crippen molar-refractivity contribution < 1.29 is 0 Å². The summed E-state index contributed by atoms with van der Waals surface area (Å²) in [5.41, 5.74) is 7.78. The molecule has 7 nitrogen and oxygen atoms in total. The first-order valence-electron chi connectivity index (χ1n) is 6.85. The summed E-state index contributed by atoms with van der Waals surface area (Å²) in [6.45, 7) is 8.09. The van der Waals surface area contributed by atoms with Crippen molar-refractivity contribution in [3.8, 4) is 0 Å². The van der Waals surface area contributed by atoms with Gasteiger partial charge in [-0.25, -0.2) is 19.6 Å². The molecule has 0 radical (unpaired) electrons. The number of aromatic nitrogens is 6. The highest BCUT2D eigenvalue weighted by molar-refractivity contribution is 5.76. The molecule has 0 amide bonds. The van der Waals surface area contributed by atoms with E-state index in [-0.39, 0.29) is 11.4 Å². The van der Waals surface area contributed by atoms with Gasteiger partial charge >= 0.3 is 0 Å². The second-order valence-electron chi connectivity index (χ2n) is 6.38. The molecule has 2 N–H and O–H groups in total. The van der Waals surface area contributed by atoms with Crippen LogP contribution in [0.2, 0.25) is 0 Å². The number of nitrogen functional groups attached to an aromatic ring is 1. The van der Waals surface area contributed by atoms with Crippen LogP contribution in [0.5, 0.6) is 0 Å². The van der Waals surface area contributed by atoms with Gasteiger partial charge in [-0.2, -0.15) is 0 Å². The van der Waals surface area contributed by atoms with Gasteiger partial charge in [0.25, 0.3) is 0 Å². The minimum atomic E-state index is 0.146. The molecule has 3 aromatic rings. The number of fused-ring (bicyclic) bond motifs is 1. The maximum Gasteiger partial charge on any atom is 0.239 e. The summed E-state index contributed by atoms with van der Waals surface area (Å²) in [5, 5.41) is 5.18. The Balaban J connectivity index is 2.05. The molecule has 3 aromatic heterocycles. The summed E-state index contributed by atoms with van der Waals surface area (Å²) < 4.78 is 3.95. The summed E-state index contributed by atoms with van der Waals surface area (Å²) in [6.07, 6.45) is 5.06. The Labute approximate surface area is 122 Å². The first-order valence-corrected chi connectivity index (χ1v) is 6.85. The highest BCUT2D eigenvalue weighted by Crippen LogP contribution is 2.24. The Morgan fingerprint density at radius 3 is 2.71 bits per heavy atom. The third kappa shape index (κ3) is 2.86. The average Bonchev–Trinajstić information content (AvgIpc) is 2.94. The molecule has 0 bridgehead atoms. The first kappa shape index (κ1) is 13.5. The van der Waals surface area contributed by atoms with E-state index in [1.807, 2.05) is 6.20 Å². The van der Waals surface area contributed by atoms with Gasteiger partial charge in [-0.3, -0.25) is 0 Å². The van der Waals surface area contributed by atoms with Crippen molar-refractivity contribution in [2.45, 2.75) is 33.9 Å². The van der Waals surface area contributed by atoms with E-state index in [0.29, 0.717) is 6.54 Å². The Morgan fingerprint density at radius 2 is 2.05 bits per heavy atom. The van der Waals surface area contributed by atoms with Gasteiger partial charge in [-0.05, 0) is 11.5 Å². The first-order chi connectivity index (χ1) is 9.92. The van der Waals surface area contributed by atoms with Crippen LogP contribution in [-0.4, -0.2) is 29.3 Å². The molecule has 0 saturated heterocycles. The van der Waals surface area contributed by atoms with Crippen LogP contribution >= 0.6 is 0 Å². The zero-order chi connectivity index (χ0) is 15.0. The molecule has 0 aliphatic rings.